The van der Waals surface area contributed by atoms with E-state index in [1.54, 1.807) is 12.1 Å². The molecule has 3 aromatic carbocycles. The zero-order valence-electron chi connectivity index (χ0n) is 18.1. The fourth-order valence-electron chi connectivity index (χ4n) is 4.45. The quantitative estimate of drug-likeness (QED) is 0.371. The van der Waals surface area contributed by atoms with Crippen molar-refractivity contribution < 1.29 is 18.0 Å². The van der Waals surface area contributed by atoms with Gasteiger partial charge in [0.1, 0.15) is 0 Å². The number of benzene rings is 3. The highest BCUT2D eigenvalue weighted by molar-refractivity contribution is 7.91. The van der Waals surface area contributed by atoms with Crippen molar-refractivity contribution in [1.29, 1.82) is 0 Å². The first-order valence-electron chi connectivity index (χ1n) is 10.7. The molecule has 4 aromatic rings. The molecule has 2 aliphatic rings. The van der Waals surface area contributed by atoms with Gasteiger partial charge in [-0.2, -0.15) is 0 Å². The summed E-state index contributed by atoms with van der Waals surface area (Å²) in [5.74, 6) is 0.220. The predicted molar refractivity (Wildman–Crippen MR) is 126 cm³/mol. The topological polar surface area (TPSA) is 101 Å². The van der Waals surface area contributed by atoms with E-state index in [1.165, 1.54) is 35.2 Å². The molecule has 0 radical (unpaired) electrons. The zero-order chi connectivity index (χ0) is 23.6. The van der Waals surface area contributed by atoms with E-state index in [-0.39, 0.29) is 32.3 Å². The predicted octanol–water partition coefficient (Wildman–Crippen LogP) is 3.10. The lowest BCUT2D eigenvalue weighted by atomic mass is 10.0. The van der Waals surface area contributed by atoms with Gasteiger partial charge in [0.2, 0.25) is 9.84 Å². The number of hydrogen-bond acceptors (Lipinski definition) is 7. The number of sulfone groups is 1. The normalized spacial score (nSPS) is 16.1. The minimum Gasteiger partial charge on any atom is -0.355 e. The first-order valence-corrected chi connectivity index (χ1v) is 12.2. The maximum atomic E-state index is 13.6. The summed E-state index contributed by atoms with van der Waals surface area (Å²) in [6.07, 6.45) is 0. The summed E-state index contributed by atoms with van der Waals surface area (Å²) in [5.41, 5.74) is 1.76. The van der Waals surface area contributed by atoms with Gasteiger partial charge in [0.05, 0.1) is 20.8 Å². The number of para-hydroxylation sites is 2. The Morgan fingerprint density at radius 3 is 2.24 bits per heavy atom. The van der Waals surface area contributed by atoms with Crippen molar-refractivity contribution in [3.05, 3.63) is 83.4 Å². The summed E-state index contributed by atoms with van der Waals surface area (Å²) in [5, 5.41) is 0. The molecule has 0 unspecified atom stereocenters. The van der Waals surface area contributed by atoms with Crippen LogP contribution < -0.4 is 9.80 Å². The SMILES string of the molecule is CN1CCN(C(=O)c2ccc3c(c2)S(=O)(=O)c2ccccc2C3=O)c2nc3ccccc3nc21. The number of ketones is 1. The van der Waals surface area contributed by atoms with Crippen molar-refractivity contribution in [3.63, 3.8) is 0 Å². The van der Waals surface area contributed by atoms with Crippen LogP contribution >= 0.6 is 0 Å². The first kappa shape index (κ1) is 20.5. The largest absolute Gasteiger partial charge is 0.355 e. The summed E-state index contributed by atoms with van der Waals surface area (Å²) in [4.78, 5) is 39.1. The molecule has 0 atom stereocenters. The number of likely N-dealkylation sites (N-methyl/N-ethyl adjacent to an activating group) is 1. The molecule has 0 saturated carbocycles. The van der Waals surface area contributed by atoms with Gasteiger partial charge >= 0.3 is 0 Å². The van der Waals surface area contributed by atoms with Crippen LogP contribution in [0.3, 0.4) is 0 Å². The molecular weight excluding hydrogens is 452 g/mol. The van der Waals surface area contributed by atoms with Gasteiger partial charge in [-0.05, 0) is 42.5 Å². The average molecular weight is 471 g/mol. The van der Waals surface area contributed by atoms with Crippen LogP contribution in [-0.4, -0.2) is 50.2 Å². The smallest absolute Gasteiger partial charge is 0.259 e. The number of rotatable bonds is 1. The van der Waals surface area contributed by atoms with Crippen molar-refractivity contribution in [1.82, 2.24) is 9.97 Å². The Hall–Kier alpha value is -4.11. The Morgan fingerprint density at radius 1 is 0.824 bits per heavy atom. The fraction of sp³-hybridized carbons (Fsp3) is 0.120. The Morgan fingerprint density at radius 2 is 1.47 bits per heavy atom. The van der Waals surface area contributed by atoms with E-state index in [1.807, 2.05) is 36.2 Å². The van der Waals surface area contributed by atoms with Crippen LogP contribution in [0.15, 0.2) is 76.5 Å². The van der Waals surface area contributed by atoms with Crippen LogP contribution in [0.4, 0.5) is 11.6 Å². The zero-order valence-corrected chi connectivity index (χ0v) is 18.9. The van der Waals surface area contributed by atoms with E-state index in [0.29, 0.717) is 30.2 Å². The highest BCUT2D eigenvalue weighted by atomic mass is 32.2. The third kappa shape index (κ3) is 2.87. The van der Waals surface area contributed by atoms with Crippen LogP contribution in [0.25, 0.3) is 11.0 Å². The molecule has 168 valence electrons. The number of amides is 1. The highest BCUT2D eigenvalue weighted by Gasteiger charge is 2.36. The molecule has 3 heterocycles. The van der Waals surface area contributed by atoms with Gasteiger partial charge in [-0.15, -0.1) is 0 Å². The minimum atomic E-state index is -3.95. The lowest BCUT2D eigenvalue weighted by Crippen LogP contribution is -2.43. The van der Waals surface area contributed by atoms with Crippen LogP contribution in [0.5, 0.6) is 0 Å². The maximum Gasteiger partial charge on any atom is 0.259 e. The Balaban J connectivity index is 1.46. The van der Waals surface area contributed by atoms with Crippen LogP contribution in [0.1, 0.15) is 26.3 Å². The lowest BCUT2D eigenvalue weighted by molar-refractivity contribution is 0.0982. The lowest BCUT2D eigenvalue weighted by Gasteiger charge is -2.34. The van der Waals surface area contributed by atoms with Crippen molar-refractivity contribution >= 4 is 44.2 Å². The number of anilines is 2. The third-order valence-electron chi connectivity index (χ3n) is 6.24. The summed E-state index contributed by atoms with van der Waals surface area (Å²) < 4.78 is 26.5. The van der Waals surface area contributed by atoms with E-state index in [4.69, 9.17) is 0 Å². The van der Waals surface area contributed by atoms with E-state index >= 15 is 0 Å². The highest BCUT2D eigenvalue weighted by Crippen LogP contribution is 2.36. The summed E-state index contributed by atoms with van der Waals surface area (Å²) in [6.45, 7) is 0.905. The number of fused-ring (bicyclic) bond motifs is 4. The fourth-order valence-corrected chi connectivity index (χ4v) is 6.13. The van der Waals surface area contributed by atoms with Gasteiger partial charge in [-0.1, -0.05) is 24.3 Å². The number of aromatic nitrogens is 2. The van der Waals surface area contributed by atoms with E-state index in [0.717, 1.165) is 5.52 Å². The van der Waals surface area contributed by atoms with E-state index < -0.39 is 15.7 Å². The van der Waals surface area contributed by atoms with Gasteiger partial charge in [-0.3, -0.25) is 14.5 Å². The van der Waals surface area contributed by atoms with Gasteiger partial charge in [0.15, 0.2) is 17.4 Å². The first-order chi connectivity index (χ1) is 16.4. The monoisotopic (exact) mass is 470 g/mol. The second kappa shape index (κ2) is 7.19. The Bertz CT molecular complexity index is 1650. The molecule has 34 heavy (non-hydrogen) atoms. The molecule has 8 nitrogen and oxygen atoms in total. The maximum absolute atomic E-state index is 13.6. The molecule has 9 heteroatoms. The number of carbonyl (C=O) groups is 2. The molecule has 0 fully saturated rings. The van der Waals surface area contributed by atoms with Gasteiger partial charge < -0.3 is 4.90 Å². The van der Waals surface area contributed by atoms with E-state index in [9.17, 15) is 18.0 Å². The van der Waals surface area contributed by atoms with Gasteiger partial charge in [0.25, 0.3) is 5.91 Å². The number of carbonyl (C=O) groups excluding carboxylic acids is 2. The molecule has 0 bridgehead atoms. The third-order valence-corrected chi connectivity index (χ3v) is 8.09. The molecule has 1 aromatic heterocycles. The van der Waals surface area contributed by atoms with Crippen LogP contribution in [0, 0.1) is 0 Å². The second-order valence-corrected chi connectivity index (χ2v) is 10.2. The number of hydrogen-bond donors (Lipinski definition) is 0. The van der Waals surface area contributed by atoms with Gasteiger partial charge in [-0.25, -0.2) is 18.4 Å². The van der Waals surface area contributed by atoms with Crippen LogP contribution in [-0.2, 0) is 9.84 Å². The molecular formula is C25H18N4O4S. The molecule has 0 saturated heterocycles. The number of nitrogens with zero attached hydrogens (tertiary/aromatic N) is 4. The molecule has 2 aliphatic heterocycles. The summed E-state index contributed by atoms with van der Waals surface area (Å²) in [7, 11) is -2.06. The van der Waals surface area contributed by atoms with E-state index in [2.05, 4.69) is 9.97 Å². The average Bonchev–Trinajstić information content (AvgIpc) is 2.86. The van der Waals surface area contributed by atoms with Gasteiger partial charge in [0, 0.05) is 36.8 Å². The minimum absolute atomic E-state index is 0.0422. The Kier molecular flexibility index (Phi) is 4.34. The standard InChI is InChI=1S/C25H18N4O4S/c1-28-12-13-29(24-23(28)26-18-7-3-4-8-19(18)27-24)25(31)15-10-11-17-21(14-15)34(32,33)20-9-5-2-6-16(20)22(17)30/h2-11,14H,12-13H2,1H3. The van der Waals surface area contributed by atoms with Crippen LogP contribution in [0.2, 0.25) is 0 Å². The summed E-state index contributed by atoms with van der Waals surface area (Å²) in [6, 6.07) is 17.8. The second-order valence-electron chi connectivity index (χ2n) is 8.28. The van der Waals surface area contributed by atoms with Crippen molar-refractivity contribution in [2.75, 3.05) is 29.9 Å². The molecule has 0 aliphatic carbocycles. The summed E-state index contributed by atoms with van der Waals surface area (Å²) >= 11 is 0. The van der Waals surface area contributed by atoms with Crippen molar-refractivity contribution in [3.8, 4) is 0 Å². The molecule has 0 spiro atoms. The van der Waals surface area contributed by atoms with Crippen molar-refractivity contribution in [2.45, 2.75) is 9.79 Å². The van der Waals surface area contributed by atoms with Crippen molar-refractivity contribution in [2.24, 2.45) is 0 Å². The molecule has 0 N–H and O–H groups in total. The Labute approximate surface area is 195 Å². The molecule has 1 amide bonds. The molecule has 6 rings (SSSR count).